The van der Waals surface area contributed by atoms with E-state index in [0.717, 1.165) is 61.6 Å². The van der Waals surface area contributed by atoms with Gasteiger partial charge in [0.15, 0.2) is 0 Å². The van der Waals surface area contributed by atoms with Crippen LogP contribution in [-0.4, -0.2) is 49.8 Å². The van der Waals surface area contributed by atoms with E-state index in [1.165, 1.54) is 23.8 Å². The van der Waals surface area contributed by atoms with Gasteiger partial charge in [0.05, 0.1) is 27.0 Å². The van der Waals surface area contributed by atoms with Crippen LogP contribution in [0.25, 0.3) is 6.08 Å². The van der Waals surface area contributed by atoms with E-state index in [4.69, 9.17) is 0 Å². The minimum absolute atomic E-state index is 0.231. The van der Waals surface area contributed by atoms with Crippen molar-refractivity contribution in [3.05, 3.63) is 40.4 Å². The zero-order chi connectivity index (χ0) is 22.6. The number of aryl methyl sites for hydroxylation is 1. The van der Waals surface area contributed by atoms with Crippen molar-refractivity contribution >= 4 is 44.7 Å². The summed E-state index contributed by atoms with van der Waals surface area (Å²) in [7, 11) is -3.58. The van der Waals surface area contributed by atoms with Gasteiger partial charge in [-0.2, -0.15) is 4.31 Å². The summed E-state index contributed by atoms with van der Waals surface area (Å²) in [6, 6.07) is 5.13. The fraction of sp³-hybridized carbons (Fsp3) is 0.478. The highest BCUT2D eigenvalue weighted by atomic mass is 32.2. The molecule has 7 nitrogen and oxygen atoms in total. The first-order valence-corrected chi connectivity index (χ1v) is 13.6. The van der Waals surface area contributed by atoms with Crippen molar-refractivity contribution in [1.29, 1.82) is 0 Å². The summed E-state index contributed by atoms with van der Waals surface area (Å²) in [6.45, 7) is 4.81. The summed E-state index contributed by atoms with van der Waals surface area (Å²) in [5.41, 5.74) is 2.14. The van der Waals surface area contributed by atoms with Crippen molar-refractivity contribution in [1.82, 2.24) is 9.29 Å². The Labute approximate surface area is 194 Å². The molecule has 1 N–H and O–H groups in total. The Balaban J connectivity index is 1.61. The van der Waals surface area contributed by atoms with E-state index in [-0.39, 0.29) is 10.8 Å². The number of nitrogens with zero attached hydrogens (tertiary/aromatic N) is 3. The van der Waals surface area contributed by atoms with Crippen LogP contribution in [0.15, 0.2) is 34.6 Å². The van der Waals surface area contributed by atoms with Crippen LogP contribution in [0.2, 0.25) is 0 Å². The summed E-state index contributed by atoms with van der Waals surface area (Å²) in [6.07, 6.45) is 9.31. The fourth-order valence-corrected chi connectivity index (χ4v) is 6.36. The van der Waals surface area contributed by atoms with E-state index in [1.807, 2.05) is 18.4 Å². The van der Waals surface area contributed by atoms with Crippen molar-refractivity contribution < 1.29 is 13.2 Å². The molecule has 1 aromatic heterocycles. The van der Waals surface area contributed by atoms with Gasteiger partial charge in [-0.15, -0.1) is 11.3 Å². The smallest absolute Gasteiger partial charge is 0.248 e. The maximum Gasteiger partial charge on any atom is 0.248 e. The Morgan fingerprint density at radius 3 is 2.41 bits per heavy atom. The molecule has 2 aromatic rings. The molecule has 1 aromatic carbocycles. The SMILES string of the molecule is Cc1nc(/C=C/C(=O)Nc2cc(S(=O)(=O)N3CCCCC3)ccc2N2CCCCC2)cs1. The van der Waals surface area contributed by atoms with Crippen LogP contribution in [0.3, 0.4) is 0 Å². The molecule has 172 valence electrons. The number of benzene rings is 1. The molecule has 4 rings (SSSR count). The van der Waals surface area contributed by atoms with Crippen LogP contribution in [0.5, 0.6) is 0 Å². The molecule has 0 spiro atoms. The molecule has 2 aliphatic rings. The van der Waals surface area contributed by atoms with Gasteiger partial charge >= 0.3 is 0 Å². The van der Waals surface area contributed by atoms with Crippen LogP contribution < -0.4 is 10.2 Å². The first-order valence-electron chi connectivity index (χ1n) is 11.2. The first kappa shape index (κ1) is 22.9. The number of hydrogen-bond acceptors (Lipinski definition) is 6. The molecule has 0 aliphatic carbocycles. The highest BCUT2D eigenvalue weighted by molar-refractivity contribution is 7.89. The zero-order valence-corrected chi connectivity index (χ0v) is 20.1. The fourth-order valence-electron chi connectivity index (χ4n) is 4.23. The Morgan fingerprint density at radius 1 is 1.06 bits per heavy atom. The van der Waals surface area contributed by atoms with Gasteiger partial charge in [0.2, 0.25) is 15.9 Å². The number of nitrogens with one attached hydrogen (secondary N) is 1. The predicted octanol–water partition coefficient (Wildman–Crippen LogP) is 4.27. The van der Waals surface area contributed by atoms with Crippen molar-refractivity contribution in [2.24, 2.45) is 0 Å². The lowest BCUT2D eigenvalue weighted by Gasteiger charge is -2.31. The average Bonchev–Trinajstić information content (AvgIpc) is 3.24. The molecule has 3 heterocycles. The summed E-state index contributed by atoms with van der Waals surface area (Å²) < 4.78 is 28.0. The molecular weight excluding hydrogens is 444 g/mol. The largest absolute Gasteiger partial charge is 0.370 e. The van der Waals surface area contributed by atoms with Crippen LogP contribution in [-0.2, 0) is 14.8 Å². The summed E-state index contributed by atoms with van der Waals surface area (Å²) >= 11 is 1.53. The average molecular weight is 475 g/mol. The first-order chi connectivity index (χ1) is 15.4. The third-order valence-corrected chi connectivity index (χ3v) is 8.60. The summed E-state index contributed by atoms with van der Waals surface area (Å²) in [5.74, 6) is -0.304. The van der Waals surface area contributed by atoms with E-state index in [9.17, 15) is 13.2 Å². The van der Waals surface area contributed by atoms with E-state index >= 15 is 0 Å². The highest BCUT2D eigenvalue weighted by Gasteiger charge is 2.27. The Bertz CT molecular complexity index is 1080. The van der Waals surface area contributed by atoms with Gasteiger partial charge in [-0.25, -0.2) is 13.4 Å². The minimum Gasteiger partial charge on any atom is -0.370 e. The minimum atomic E-state index is -3.58. The maximum atomic E-state index is 13.2. The van der Waals surface area contributed by atoms with E-state index in [1.54, 1.807) is 22.5 Å². The molecular formula is C23H30N4O3S2. The molecule has 0 atom stereocenters. The number of anilines is 2. The highest BCUT2D eigenvalue weighted by Crippen LogP contribution is 2.32. The third-order valence-electron chi connectivity index (χ3n) is 5.92. The lowest BCUT2D eigenvalue weighted by atomic mass is 10.1. The summed E-state index contributed by atoms with van der Waals surface area (Å²) in [4.78, 5) is 19.5. The number of hydrogen-bond donors (Lipinski definition) is 1. The van der Waals surface area contributed by atoms with Crippen LogP contribution in [0.4, 0.5) is 11.4 Å². The van der Waals surface area contributed by atoms with Gasteiger partial charge in [0.25, 0.3) is 0 Å². The second-order valence-electron chi connectivity index (χ2n) is 8.31. The topological polar surface area (TPSA) is 82.6 Å². The molecule has 0 radical (unpaired) electrons. The molecule has 1 amide bonds. The van der Waals surface area contributed by atoms with Crippen LogP contribution in [0, 0.1) is 6.92 Å². The van der Waals surface area contributed by atoms with Gasteiger partial charge in [0.1, 0.15) is 0 Å². The van der Waals surface area contributed by atoms with Crippen molar-refractivity contribution in [2.45, 2.75) is 50.3 Å². The molecule has 2 aliphatic heterocycles. The number of sulfonamides is 1. The molecule has 0 unspecified atom stereocenters. The summed E-state index contributed by atoms with van der Waals surface area (Å²) in [5, 5.41) is 5.76. The normalized spacial score (nSPS) is 18.2. The van der Waals surface area contributed by atoms with Crippen molar-refractivity contribution in [3.8, 4) is 0 Å². The number of piperidine rings is 2. The number of carbonyl (C=O) groups is 1. The lowest BCUT2D eigenvalue weighted by Crippen LogP contribution is -2.35. The molecule has 32 heavy (non-hydrogen) atoms. The Morgan fingerprint density at radius 2 is 1.75 bits per heavy atom. The monoisotopic (exact) mass is 474 g/mol. The van der Waals surface area contributed by atoms with Gasteiger partial charge in [0, 0.05) is 37.6 Å². The number of rotatable bonds is 6. The van der Waals surface area contributed by atoms with Gasteiger partial charge in [-0.1, -0.05) is 6.42 Å². The van der Waals surface area contributed by atoms with E-state index in [2.05, 4.69) is 15.2 Å². The van der Waals surface area contributed by atoms with Crippen molar-refractivity contribution in [2.75, 3.05) is 36.4 Å². The molecule has 9 heteroatoms. The lowest BCUT2D eigenvalue weighted by molar-refractivity contribution is -0.111. The Hall–Kier alpha value is -2.23. The predicted molar refractivity (Wildman–Crippen MR) is 130 cm³/mol. The van der Waals surface area contributed by atoms with Crippen molar-refractivity contribution in [3.63, 3.8) is 0 Å². The van der Waals surface area contributed by atoms with Crippen LogP contribution >= 0.6 is 11.3 Å². The standard InChI is InChI=1S/C23H30N4O3S2/c1-18-24-19(17-31-18)8-11-23(28)25-21-16-20(32(29,30)27-14-6-3-7-15-27)9-10-22(21)26-12-4-2-5-13-26/h8-11,16-17H,2-7,12-15H2,1H3,(H,25,28)/b11-8+. The second-order valence-corrected chi connectivity index (χ2v) is 11.3. The number of amides is 1. The molecule has 2 fully saturated rings. The number of thiazole rings is 1. The van der Waals surface area contributed by atoms with Gasteiger partial charge in [-0.3, -0.25) is 4.79 Å². The second kappa shape index (κ2) is 10.1. The van der Waals surface area contributed by atoms with Gasteiger partial charge in [-0.05, 0) is 63.3 Å². The molecule has 0 saturated carbocycles. The quantitative estimate of drug-likeness (QED) is 0.633. The molecule has 0 bridgehead atoms. The zero-order valence-electron chi connectivity index (χ0n) is 18.4. The number of carbonyl (C=O) groups excluding carboxylic acids is 1. The number of aromatic nitrogens is 1. The van der Waals surface area contributed by atoms with Crippen LogP contribution in [0.1, 0.15) is 49.2 Å². The van der Waals surface area contributed by atoms with Gasteiger partial charge < -0.3 is 10.2 Å². The maximum absolute atomic E-state index is 13.2. The molecule has 2 saturated heterocycles. The third kappa shape index (κ3) is 5.39. The van der Waals surface area contributed by atoms with E-state index in [0.29, 0.717) is 18.8 Å². The Kier molecular flexibility index (Phi) is 7.27. The van der Waals surface area contributed by atoms with E-state index < -0.39 is 10.0 Å².